The van der Waals surface area contributed by atoms with E-state index in [0.717, 1.165) is 12.2 Å². The first-order valence-corrected chi connectivity index (χ1v) is 17.4. The minimum absolute atomic E-state index is 0. The number of Topliss-reactive ketones (excluding diaryl/α,β-unsaturated/α-hetero) is 2. The molecule has 0 aromatic heterocycles. The number of fused-ring (bicyclic) bond motifs is 2. The summed E-state index contributed by atoms with van der Waals surface area (Å²) in [7, 11) is -6.47. The van der Waals surface area contributed by atoms with Crippen molar-refractivity contribution in [2.75, 3.05) is 25.1 Å². The van der Waals surface area contributed by atoms with Crippen LogP contribution in [0.1, 0.15) is 31.8 Å². The average Bonchev–Trinajstić information content (AvgIpc) is 3.10. The molecule has 0 atom stereocenters. The number of anilines is 2. The van der Waals surface area contributed by atoms with Gasteiger partial charge in [0.05, 0.1) is 25.6 Å². The van der Waals surface area contributed by atoms with E-state index < -0.39 is 41.6 Å². The standard InChI is InChI=1S/C34H26N4O10S2.Na/c1-47-29-15-19(11-13-25(29)35-37-27-17-31(49(41,42)43)21-7-3-5-9-23(21)33(27)39)20-12-14-26(30(16-20)48-2)36-38-28-18-32(50(44,45)46)22-8-4-6-10-24(22)34(28)40;/h3-18,35-36H,1-2H3,(H,41,42,43)(H,44,45,46);. The van der Waals surface area contributed by atoms with E-state index in [-0.39, 0.29) is 63.2 Å². The summed E-state index contributed by atoms with van der Waals surface area (Å²) >= 11 is 0. The number of rotatable bonds is 9. The molecule has 4 aromatic carbocycles. The Morgan fingerprint density at radius 3 is 1.25 bits per heavy atom. The van der Waals surface area contributed by atoms with Crippen LogP contribution in [0.3, 0.4) is 0 Å². The van der Waals surface area contributed by atoms with Crippen LogP contribution in [-0.2, 0) is 20.2 Å². The maximum Gasteiger partial charge on any atom is 0.295 e. The fraction of sp³-hybridized carbons (Fsp3) is 0.0588. The van der Waals surface area contributed by atoms with Gasteiger partial charge in [-0.15, -0.1) is 0 Å². The second kappa shape index (κ2) is 14.7. The number of hydrogen-bond acceptors (Lipinski definition) is 12. The second-order valence-corrected chi connectivity index (χ2v) is 13.5. The Morgan fingerprint density at radius 1 is 0.569 bits per heavy atom. The number of allylic oxidation sites excluding steroid dienone is 2. The van der Waals surface area contributed by atoms with E-state index >= 15 is 0 Å². The molecule has 0 heterocycles. The molecule has 6 rings (SSSR count). The Hall–Kier alpha value is -4.94. The van der Waals surface area contributed by atoms with Crippen molar-refractivity contribution >= 4 is 94.0 Å². The number of carbonyl (C=O) groups excluding carboxylic acids is 2. The van der Waals surface area contributed by atoms with E-state index in [2.05, 4.69) is 21.1 Å². The molecule has 255 valence electrons. The minimum atomic E-state index is -4.66. The van der Waals surface area contributed by atoms with Crippen LogP contribution in [0.25, 0.3) is 20.9 Å². The maximum absolute atomic E-state index is 13.0. The fourth-order valence-corrected chi connectivity index (χ4v) is 6.80. The van der Waals surface area contributed by atoms with Gasteiger partial charge in [0.2, 0.25) is 11.6 Å². The van der Waals surface area contributed by atoms with Gasteiger partial charge in [-0.2, -0.15) is 27.0 Å². The van der Waals surface area contributed by atoms with Crippen LogP contribution in [0, 0.1) is 0 Å². The number of ketones is 2. The van der Waals surface area contributed by atoms with Crippen LogP contribution in [0.5, 0.6) is 11.5 Å². The molecule has 2 aliphatic carbocycles. The van der Waals surface area contributed by atoms with Crippen molar-refractivity contribution in [1.82, 2.24) is 0 Å². The SMILES string of the molecule is COc1cc(-c2ccc(NN=C3C=C(S(=O)(=O)O)c4ccccc4C3=O)c(OC)c2)ccc1NN=C1C=C(S(=O)(=O)O)c2ccccc2C1=O.[Na]. The molecule has 14 nitrogen and oxygen atoms in total. The van der Waals surface area contributed by atoms with E-state index in [1.165, 1.54) is 38.5 Å². The van der Waals surface area contributed by atoms with Crippen LogP contribution in [0.4, 0.5) is 11.4 Å². The zero-order valence-electron chi connectivity index (χ0n) is 27.1. The fourth-order valence-electron chi connectivity index (χ4n) is 5.36. The van der Waals surface area contributed by atoms with E-state index in [9.17, 15) is 35.5 Å². The van der Waals surface area contributed by atoms with Gasteiger partial charge in [-0.05, 0) is 47.5 Å². The Bertz CT molecular complexity index is 2290. The summed E-state index contributed by atoms with van der Waals surface area (Å²) in [6.45, 7) is 0. The van der Waals surface area contributed by atoms with Gasteiger partial charge in [-0.3, -0.25) is 29.5 Å². The van der Waals surface area contributed by atoms with Crippen molar-refractivity contribution in [3.05, 3.63) is 119 Å². The van der Waals surface area contributed by atoms with E-state index in [4.69, 9.17) is 9.47 Å². The number of nitrogens with one attached hydrogen (secondary N) is 2. The third-order valence-electron chi connectivity index (χ3n) is 7.76. The van der Waals surface area contributed by atoms with Crippen LogP contribution in [0.2, 0.25) is 0 Å². The summed E-state index contributed by atoms with van der Waals surface area (Å²) < 4.78 is 78.7. The molecule has 0 unspecified atom stereocenters. The molecule has 2 aliphatic rings. The molecule has 1 radical (unpaired) electrons. The zero-order valence-corrected chi connectivity index (χ0v) is 30.7. The van der Waals surface area contributed by atoms with Crippen molar-refractivity contribution in [3.63, 3.8) is 0 Å². The minimum Gasteiger partial charge on any atom is -0.494 e. The van der Waals surface area contributed by atoms with Gasteiger partial charge in [0, 0.05) is 51.8 Å². The molecule has 0 spiro atoms. The topological polar surface area (TPSA) is 210 Å². The normalized spacial score (nSPS) is 15.6. The smallest absolute Gasteiger partial charge is 0.295 e. The van der Waals surface area contributed by atoms with Gasteiger partial charge in [-0.25, -0.2) is 0 Å². The van der Waals surface area contributed by atoms with Gasteiger partial charge in [0.15, 0.2) is 0 Å². The van der Waals surface area contributed by atoms with E-state index in [1.807, 2.05) is 0 Å². The predicted molar refractivity (Wildman–Crippen MR) is 193 cm³/mol. The van der Waals surface area contributed by atoms with Gasteiger partial charge >= 0.3 is 0 Å². The molecule has 0 saturated heterocycles. The molecule has 0 fully saturated rings. The summed E-state index contributed by atoms with van der Waals surface area (Å²) in [5.74, 6) is -0.455. The first-order valence-electron chi connectivity index (χ1n) is 14.5. The first kappa shape index (κ1) is 37.3. The number of hydrazone groups is 2. The molecule has 4 aromatic rings. The van der Waals surface area contributed by atoms with Gasteiger partial charge in [-0.1, -0.05) is 60.7 Å². The summed E-state index contributed by atoms with van der Waals surface area (Å²) in [4.78, 5) is 25.2. The average molecular weight is 738 g/mol. The van der Waals surface area contributed by atoms with Crippen LogP contribution < -0.4 is 20.3 Å². The van der Waals surface area contributed by atoms with Crippen molar-refractivity contribution in [2.45, 2.75) is 0 Å². The van der Waals surface area contributed by atoms with Crippen molar-refractivity contribution in [2.24, 2.45) is 10.2 Å². The molecule has 0 aliphatic heterocycles. The number of nitrogens with zero attached hydrogens (tertiary/aromatic N) is 2. The Balaban J connectivity index is 0.00000504. The number of ether oxygens (including phenoxy) is 2. The molecule has 4 N–H and O–H groups in total. The zero-order chi connectivity index (χ0) is 35.8. The third kappa shape index (κ3) is 7.57. The van der Waals surface area contributed by atoms with Crippen molar-refractivity contribution in [3.8, 4) is 22.6 Å². The molecule has 0 saturated carbocycles. The summed E-state index contributed by atoms with van der Waals surface area (Å²) in [6, 6.07) is 22.0. The molecular weight excluding hydrogens is 712 g/mol. The molecule has 0 bridgehead atoms. The monoisotopic (exact) mass is 737 g/mol. The number of methoxy groups -OCH3 is 2. The number of benzene rings is 4. The Kier molecular flexibility index (Phi) is 10.8. The first-order chi connectivity index (χ1) is 23.8. The molecule has 51 heavy (non-hydrogen) atoms. The molecular formula is C34H26N4NaO10S2. The quantitative estimate of drug-likeness (QED) is 0.104. The van der Waals surface area contributed by atoms with Crippen LogP contribution in [-0.4, -0.2) is 92.7 Å². The van der Waals surface area contributed by atoms with Crippen LogP contribution in [0.15, 0.2) is 107 Å². The van der Waals surface area contributed by atoms with Gasteiger partial charge in [0.1, 0.15) is 32.7 Å². The molecule has 0 amide bonds. The van der Waals surface area contributed by atoms with E-state index in [1.54, 1.807) is 60.7 Å². The second-order valence-electron chi connectivity index (χ2n) is 10.8. The molecule has 17 heteroatoms. The number of carbonyl (C=O) groups is 2. The maximum atomic E-state index is 13.0. The third-order valence-corrected chi connectivity index (χ3v) is 9.55. The van der Waals surface area contributed by atoms with Crippen LogP contribution >= 0.6 is 0 Å². The van der Waals surface area contributed by atoms with Gasteiger partial charge < -0.3 is 9.47 Å². The summed E-state index contributed by atoms with van der Waals surface area (Å²) in [5, 5.41) is 8.22. The predicted octanol–water partition coefficient (Wildman–Crippen LogP) is 4.78. The largest absolute Gasteiger partial charge is 0.494 e. The van der Waals surface area contributed by atoms with E-state index in [0.29, 0.717) is 34.0 Å². The number of hydrogen-bond donors (Lipinski definition) is 4. The van der Waals surface area contributed by atoms with Crippen molar-refractivity contribution in [1.29, 1.82) is 0 Å². The Morgan fingerprint density at radius 2 is 0.922 bits per heavy atom. The Labute approximate surface area is 314 Å². The van der Waals surface area contributed by atoms with Crippen molar-refractivity contribution < 1.29 is 45.0 Å². The van der Waals surface area contributed by atoms with Gasteiger partial charge in [0.25, 0.3) is 20.2 Å². The summed E-state index contributed by atoms with van der Waals surface area (Å²) in [5.41, 5.74) is 7.28. The summed E-state index contributed by atoms with van der Waals surface area (Å²) in [6.07, 6.45) is 1.99.